The van der Waals surface area contributed by atoms with Crippen LogP contribution in [0.3, 0.4) is 0 Å². The molecule has 176 valence electrons. The third-order valence-corrected chi connectivity index (χ3v) is 5.83. The van der Waals surface area contributed by atoms with E-state index < -0.39 is 29.6 Å². The molecule has 2 nitrogen and oxygen atoms in total. The van der Waals surface area contributed by atoms with Gasteiger partial charge in [-0.25, -0.2) is 4.39 Å². The molecule has 0 saturated carbocycles. The van der Waals surface area contributed by atoms with Crippen LogP contribution in [0.4, 0.5) is 17.6 Å². The molecule has 4 aromatic carbocycles. The van der Waals surface area contributed by atoms with Crippen molar-refractivity contribution in [1.29, 1.82) is 0 Å². The van der Waals surface area contributed by atoms with E-state index in [2.05, 4.69) is 11.8 Å². The quantitative estimate of drug-likeness (QED) is 0.174. The van der Waals surface area contributed by atoms with Crippen LogP contribution in [0.15, 0.2) is 91.0 Å². The molecule has 0 heterocycles. The fourth-order valence-electron chi connectivity index (χ4n) is 3.85. The van der Waals surface area contributed by atoms with E-state index in [1.807, 2.05) is 12.1 Å². The molecule has 0 saturated heterocycles. The maximum absolute atomic E-state index is 14.8. The van der Waals surface area contributed by atoms with Crippen LogP contribution in [0.25, 0.3) is 10.8 Å². The maximum Gasteiger partial charge on any atom is 0.409 e. The van der Waals surface area contributed by atoms with Crippen LogP contribution in [0, 0.1) is 17.7 Å². The Bertz CT molecular complexity index is 1410. The number of rotatable bonds is 5. The van der Waals surface area contributed by atoms with Gasteiger partial charge in [0.15, 0.2) is 11.2 Å². The molecule has 0 aliphatic heterocycles. The number of benzene rings is 4. The Balaban J connectivity index is 1.83. The Labute approximate surface area is 200 Å². The summed E-state index contributed by atoms with van der Waals surface area (Å²) in [5.74, 6) is 4.00. The molecule has 0 fully saturated rings. The number of methoxy groups -OCH3 is 1. The lowest BCUT2D eigenvalue weighted by molar-refractivity contribution is -0.172. The van der Waals surface area contributed by atoms with Crippen LogP contribution in [-0.2, 0) is 5.41 Å². The molecule has 0 radical (unpaired) electrons. The van der Waals surface area contributed by atoms with Crippen LogP contribution in [-0.4, -0.2) is 19.1 Å². The first kappa shape index (κ1) is 24.0. The van der Waals surface area contributed by atoms with Gasteiger partial charge in [-0.3, -0.25) is 4.79 Å². The highest BCUT2D eigenvalue weighted by Gasteiger charge is 2.56. The van der Waals surface area contributed by atoms with E-state index >= 15 is 0 Å². The summed E-state index contributed by atoms with van der Waals surface area (Å²) in [6.45, 7) is 0. The topological polar surface area (TPSA) is 26.3 Å². The average Bonchev–Trinajstić information content (AvgIpc) is 2.86. The van der Waals surface area contributed by atoms with Gasteiger partial charge >= 0.3 is 6.18 Å². The minimum absolute atomic E-state index is 0.161. The molecular formula is C29H20F4O2. The number of ether oxygens (including phenoxy) is 1. The third kappa shape index (κ3) is 5.04. The highest BCUT2D eigenvalue weighted by molar-refractivity contribution is 6.01. The van der Waals surface area contributed by atoms with Crippen molar-refractivity contribution >= 4 is 16.6 Å². The number of carbonyl (C=O) groups is 1. The zero-order chi connectivity index (χ0) is 25.1. The number of carbonyl (C=O) groups excluding carboxylic acids is 1. The molecular weight excluding hydrogens is 456 g/mol. The summed E-state index contributed by atoms with van der Waals surface area (Å²) in [7, 11) is 1.41. The normalized spacial score (nSPS) is 12.9. The summed E-state index contributed by atoms with van der Waals surface area (Å²) in [6.07, 6.45) is -5.81. The van der Waals surface area contributed by atoms with Crippen LogP contribution >= 0.6 is 0 Å². The highest BCUT2D eigenvalue weighted by Crippen LogP contribution is 2.45. The maximum atomic E-state index is 14.8. The molecule has 35 heavy (non-hydrogen) atoms. The van der Waals surface area contributed by atoms with Gasteiger partial charge in [0.2, 0.25) is 0 Å². The Kier molecular flexibility index (Phi) is 6.61. The van der Waals surface area contributed by atoms with E-state index in [0.717, 1.165) is 22.9 Å². The molecule has 0 aromatic heterocycles. The standard InChI is InChI=1S/C29H20F4O2/c1-35-26-14-10-24(11-15-26)28(29(31,32)33,17-16-20-6-12-25(30)13-7-20)19-27(34)23-9-8-21-4-2-3-5-22(21)18-23/h2-15,18H,19H2,1H3. The van der Waals surface area contributed by atoms with Gasteiger partial charge in [0.25, 0.3) is 0 Å². The molecule has 0 aliphatic carbocycles. The van der Waals surface area contributed by atoms with Gasteiger partial charge in [-0.1, -0.05) is 60.4 Å². The van der Waals surface area contributed by atoms with Gasteiger partial charge in [-0.15, -0.1) is 0 Å². The third-order valence-electron chi connectivity index (χ3n) is 5.83. The second-order valence-electron chi connectivity index (χ2n) is 8.05. The first-order valence-electron chi connectivity index (χ1n) is 10.7. The van der Waals surface area contributed by atoms with E-state index in [9.17, 15) is 22.4 Å². The number of ketones is 1. The Morgan fingerprint density at radius 1 is 0.857 bits per heavy atom. The Hall–Kier alpha value is -4.11. The second-order valence-corrected chi connectivity index (χ2v) is 8.05. The van der Waals surface area contributed by atoms with Crippen molar-refractivity contribution in [3.8, 4) is 17.6 Å². The molecule has 0 aliphatic rings. The molecule has 0 amide bonds. The van der Waals surface area contributed by atoms with Gasteiger partial charge in [-0.2, -0.15) is 13.2 Å². The molecule has 0 spiro atoms. The van der Waals surface area contributed by atoms with Crippen LogP contribution in [0.1, 0.15) is 27.9 Å². The monoisotopic (exact) mass is 476 g/mol. The van der Waals surface area contributed by atoms with E-state index in [1.165, 1.54) is 49.6 Å². The molecule has 0 bridgehead atoms. The first-order valence-corrected chi connectivity index (χ1v) is 10.7. The van der Waals surface area contributed by atoms with Gasteiger partial charge in [-0.05, 0) is 58.8 Å². The van der Waals surface area contributed by atoms with Crippen LogP contribution in [0.2, 0.25) is 0 Å². The van der Waals surface area contributed by atoms with Gasteiger partial charge in [0.1, 0.15) is 11.6 Å². The van der Waals surface area contributed by atoms with Gasteiger partial charge in [0, 0.05) is 17.5 Å². The largest absolute Gasteiger partial charge is 0.497 e. The smallest absolute Gasteiger partial charge is 0.409 e. The van der Waals surface area contributed by atoms with E-state index in [0.29, 0.717) is 5.75 Å². The predicted octanol–water partition coefficient (Wildman–Crippen LogP) is 7.11. The molecule has 0 N–H and O–H groups in total. The zero-order valence-electron chi connectivity index (χ0n) is 18.7. The summed E-state index contributed by atoms with van der Waals surface area (Å²) < 4.78 is 62.7. The van der Waals surface area contributed by atoms with Gasteiger partial charge in [0.05, 0.1) is 7.11 Å². The highest BCUT2D eigenvalue weighted by atomic mass is 19.4. The van der Waals surface area contributed by atoms with Crippen LogP contribution in [0.5, 0.6) is 5.75 Å². The minimum Gasteiger partial charge on any atom is -0.497 e. The fourth-order valence-corrected chi connectivity index (χ4v) is 3.85. The van der Waals surface area contributed by atoms with Crippen molar-refractivity contribution in [2.45, 2.75) is 18.0 Å². The lowest BCUT2D eigenvalue weighted by Gasteiger charge is -2.31. The molecule has 6 heteroatoms. The van der Waals surface area contributed by atoms with Crippen molar-refractivity contribution in [2.24, 2.45) is 0 Å². The van der Waals surface area contributed by atoms with Crippen molar-refractivity contribution in [3.63, 3.8) is 0 Å². The lowest BCUT2D eigenvalue weighted by atomic mass is 9.75. The number of alkyl halides is 3. The van der Waals surface area contributed by atoms with E-state index in [4.69, 9.17) is 4.74 Å². The van der Waals surface area contributed by atoms with Crippen LogP contribution < -0.4 is 4.74 Å². The fraction of sp³-hybridized carbons (Fsp3) is 0.138. The number of fused-ring (bicyclic) bond motifs is 1. The summed E-state index contributed by atoms with van der Waals surface area (Å²) >= 11 is 0. The van der Waals surface area contributed by atoms with Crippen molar-refractivity contribution < 1.29 is 27.1 Å². The minimum atomic E-state index is -4.89. The zero-order valence-corrected chi connectivity index (χ0v) is 18.7. The predicted molar refractivity (Wildman–Crippen MR) is 127 cm³/mol. The van der Waals surface area contributed by atoms with E-state index in [1.54, 1.807) is 24.3 Å². The first-order chi connectivity index (χ1) is 16.7. The number of hydrogen-bond acceptors (Lipinski definition) is 2. The number of hydrogen-bond donors (Lipinski definition) is 0. The molecule has 1 atom stereocenters. The molecule has 1 unspecified atom stereocenters. The SMILES string of the molecule is COc1ccc(C(C#Cc2ccc(F)cc2)(CC(=O)c2ccc3ccccc3c2)C(F)(F)F)cc1. The summed E-state index contributed by atoms with van der Waals surface area (Å²) in [5.41, 5.74) is -2.62. The Morgan fingerprint density at radius 3 is 2.14 bits per heavy atom. The summed E-state index contributed by atoms with van der Waals surface area (Å²) in [4.78, 5) is 13.3. The van der Waals surface area contributed by atoms with Gasteiger partial charge < -0.3 is 4.74 Å². The lowest BCUT2D eigenvalue weighted by Crippen LogP contribution is -2.43. The molecule has 4 aromatic rings. The number of Topliss-reactive ketones (excluding diaryl/α,β-unsaturated/α-hetero) is 1. The average molecular weight is 476 g/mol. The van der Waals surface area contributed by atoms with E-state index in [-0.39, 0.29) is 16.7 Å². The molecule has 4 rings (SSSR count). The van der Waals surface area contributed by atoms with Crippen molar-refractivity contribution in [1.82, 2.24) is 0 Å². The second kappa shape index (κ2) is 9.63. The summed E-state index contributed by atoms with van der Waals surface area (Å²) in [6, 6.07) is 22.2. The summed E-state index contributed by atoms with van der Waals surface area (Å²) in [5, 5.41) is 1.62. The number of halogens is 4. The van der Waals surface area contributed by atoms with Crippen molar-refractivity contribution in [3.05, 3.63) is 114 Å². The van der Waals surface area contributed by atoms with Crippen molar-refractivity contribution in [2.75, 3.05) is 7.11 Å². The Morgan fingerprint density at radius 2 is 1.51 bits per heavy atom.